The van der Waals surface area contributed by atoms with Crippen molar-refractivity contribution in [2.24, 2.45) is 0 Å². The summed E-state index contributed by atoms with van der Waals surface area (Å²) in [7, 11) is 0. The average Bonchev–Trinajstić information content (AvgIpc) is 1.86. The molecule has 0 unspecified atom stereocenters. The van der Waals surface area contributed by atoms with Gasteiger partial charge >= 0.3 is 0 Å². The van der Waals surface area contributed by atoms with Crippen molar-refractivity contribution in [3.8, 4) is 0 Å². The fraction of sp³-hybridized carbons (Fsp3) is 0.250. The molecule has 1 aromatic rings. The zero-order valence-corrected chi connectivity index (χ0v) is 4.17. The van der Waals surface area contributed by atoms with Gasteiger partial charge in [0.15, 0.2) is 0 Å². The van der Waals surface area contributed by atoms with Crippen LogP contribution in [0.3, 0.4) is 0 Å². The monoisotopic (exact) mass is 97.0 g/mol. The second-order valence-corrected chi connectivity index (χ2v) is 1.56. The van der Waals surface area contributed by atoms with E-state index in [0.717, 1.165) is 5.69 Å². The van der Waals surface area contributed by atoms with E-state index in [1.165, 1.54) is 11.5 Å². The normalized spacial score (nSPS) is 7.50. The molecule has 0 aliphatic carbocycles. The Bertz CT molecular complexity index is 111. The SMILES string of the molecule is Cc1c#csn1. The van der Waals surface area contributed by atoms with Crippen LogP contribution in [0.25, 0.3) is 0 Å². The molecule has 0 N–H and O–H groups in total. The second kappa shape index (κ2) is 1.27. The summed E-state index contributed by atoms with van der Waals surface area (Å²) in [4.78, 5) is 0. The Morgan fingerprint density at radius 3 is 2.83 bits per heavy atom. The quantitative estimate of drug-likeness (QED) is 0.471. The lowest BCUT2D eigenvalue weighted by atomic mass is 10.6. The van der Waals surface area contributed by atoms with Crippen molar-refractivity contribution in [1.82, 2.24) is 4.37 Å². The molecule has 1 heterocycles. The first-order valence-electron chi connectivity index (χ1n) is 1.61. The third kappa shape index (κ3) is 0.498. The second-order valence-electron chi connectivity index (χ2n) is 0.995. The number of hydrogen-bond donors (Lipinski definition) is 0. The van der Waals surface area contributed by atoms with Gasteiger partial charge in [0.25, 0.3) is 0 Å². The van der Waals surface area contributed by atoms with Crippen LogP contribution in [-0.2, 0) is 0 Å². The van der Waals surface area contributed by atoms with Gasteiger partial charge in [0.2, 0.25) is 0 Å². The summed E-state index contributed by atoms with van der Waals surface area (Å²) < 4.78 is 3.85. The molecule has 0 aliphatic rings. The maximum absolute atomic E-state index is 3.85. The van der Waals surface area contributed by atoms with Crippen molar-refractivity contribution in [3.05, 3.63) is 17.1 Å². The topological polar surface area (TPSA) is 12.9 Å². The molecule has 0 saturated carbocycles. The lowest BCUT2D eigenvalue weighted by Gasteiger charge is -1.61. The lowest BCUT2D eigenvalue weighted by Crippen LogP contribution is -1.57. The molecule has 1 aromatic heterocycles. The summed E-state index contributed by atoms with van der Waals surface area (Å²) in [6.45, 7) is 1.90. The Balaban J connectivity index is 3.05. The van der Waals surface area contributed by atoms with E-state index in [4.69, 9.17) is 0 Å². The molecule has 0 radical (unpaired) electrons. The van der Waals surface area contributed by atoms with Crippen LogP contribution in [0.15, 0.2) is 0 Å². The summed E-state index contributed by atoms with van der Waals surface area (Å²) in [6, 6.07) is 2.78. The Morgan fingerprint density at radius 2 is 2.67 bits per heavy atom. The predicted octanol–water partition coefficient (Wildman–Crippen LogP) is 1.05. The number of aromatic nitrogens is 1. The van der Waals surface area contributed by atoms with E-state index >= 15 is 0 Å². The van der Waals surface area contributed by atoms with Crippen LogP contribution in [0.1, 0.15) is 5.69 Å². The summed E-state index contributed by atoms with van der Waals surface area (Å²) >= 11 is 1.31. The van der Waals surface area contributed by atoms with Crippen LogP contribution in [0.4, 0.5) is 0 Å². The third-order valence-electron chi connectivity index (χ3n) is 0.460. The van der Waals surface area contributed by atoms with Gasteiger partial charge in [-0.2, -0.15) is 4.37 Å². The van der Waals surface area contributed by atoms with Gasteiger partial charge in [0.1, 0.15) is 5.69 Å². The van der Waals surface area contributed by atoms with Gasteiger partial charge in [-0.15, -0.1) is 0 Å². The van der Waals surface area contributed by atoms with Gasteiger partial charge in [-0.25, -0.2) is 0 Å². The van der Waals surface area contributed by atoms with Gasteiger partial charge < -0.3 is 0 Å². The van der Waals surface area contributed by atoms with Crippen molar-refractivity contribution in [2.45, 2.75) is 6.92 Å². The molecular weight excluding hydrogens is 94.1 g/mol. The molecule has 1 rings (SSSR count). The van der Waals surface area contributed by atoms with E-state index < -0.39 is 0 Å². The first-order chi connectivity index (χ1) is 2.89. The summed E-state index contributed by atoms with van der Waals surface area (Å²) in [5.74, 6) is 0. The van der Waals surface area contributed by atoms with Crippen LogP contribution >= 0.6 is 11.5 Å². The van der Waals surface area contributed by atoms with Gasteiger partial charge in [0, 0.05) is 16.9 Å². The Kier molecular flexibility index (Phi) is 0.771. The fourth-order valence-corrected chi connectivity index (χ4v) is 0.632. The molecule has 0 saturated heterocycles. The highest BCUT2D eigenvalue weighted by atomic mass is 32.1. The van der Waals surface area contributed by atoms with Gasteiger partial charge in [0.05, 0.1) is 0 Å². The van der Waals surface area contributed by atoms with Gasteiger partial charge in [-0.3, -0.25) is 0 Å². The zero-order valence-electron chi connectivity index (χ0n) is 3.36. The molecular formula is C4H3NS. The number of hydrogen-bond acceptors (Lipinski definition) is 2. The molecule has 30 valence electrons. The summed E-state index contributed by atoms with van der Waals surface area (Å²) in [6.07, 6.45) is 0. The van der Waals surface area contributed by atoms with Crippen molar-refractivity contribution in [1.29, 1.82) is 0 Å². The molecule has 0 amide bonds. The van der Waals surface area contributed by atoms with Crippen LogP contribution < -0.4 is 0 Å². The average molecular weight is 97.1 g/mol. The van der Waals surface area contributed by atoms with E-state index in [0.29, 0.717) is 0 Å². The van der Waals surface area contributed by atoms with E-state index in [1.807, 2.05) is 6.92 Å². The number of nitrogens with zero attached hydrogens (tertiary/aromatic N) is 1. The van der Waals surface area contributed by atoms with Crippen LogP contribution in [0.2, 0.25) is 0 Å². The molecule has 0 bridgehead atoms. The number of aryl methyl sites for hydroxylation is 1. The standard InChI is InChI=1S/C4H3NS/c1-4-2-3-6-5-4/h1H3. The molecule has 0 aromatic carbocycles. The molecule has 0 spiro atoms. The highest BCUT2D eigenvalue weighted by Gasteiger charge is 1.73. The summed E-state index contributed by atoms with van der Waals surface area (Å²) in [5, 5.41) is 2.73. The van der Waals surface area contributed by atoms with Crippen molar-refractivity contribution in [2.75, 3.05) is 0 Å². The maximum atomic E-state index is 3.85. The van der Waals surface area contributed by atoms with Crippen molar-refractivity contribution in [3.63, 3.8) is 0 Å². The maximum Gasteiger partial charge on any atom is 0.102 e. The molecule has 0 fully saturated rings. The molecule has 0 aliphatic heterocycles. The smallest absolute Gasteiger partial charge is 0.102 e. The molecule has 2 heteroatoms. The minimum absolute atomic E-state index is 0.931. The van der Waals surface area contributed by atoms with Crippen molar-refractivity contribution >= 4 is 11.5 Å². The largest absolute Gasteiger partial charge is 0.180 e. The molecule has 6 heavy (non-hydrogen) atoms. The first kappa shape index (κ1) is 3.63. The lowest BCUT2D eigenvalue weighted by molar-refractivity contribution is 1.35. The van der Waals surface area contributed by atoms with Gasteiger partial charge in [-0.1, -0.05) is 0 Å². The highest BCUT2D eigenvalue weighted by molar-refractivity contribution is 7.02. The molecule has 1 nitrogen and oxygen atoms in total. The van der Waals surface area contributed by atoms with E-state index in [-0.39, 0.29) is 0 Å². The zero-order chi connectivity index (χ0) is 4.41. The van der Waals surface area contributed by atoms with Crippen LogP contribution in [0, 0.1) is 18.4 Å². The highest BCUT2D eigenvalue weighted by Crippen LogP contribution is 1.85. The number of rotatable bonds is 0. The van der Waals surface area contributed by atoms with E-state index in [1.54, 1.807) is 0 Å². The Hall–Kier alpha value is -0.550. The first-order valence-corrected chi connectivity index (χ1v) is 2.38. The minimum atomic E-state index is 0.931. The van der Waals surface area contributed by atoms with Crippen molar-refractivity contribution < 1.29 is 0 Å². The Labute approximate surface area is 40.8 Å². The van der Waals surface area contributed by atoms with E-state index in [9.17, 15) is 0 Å². The summed E-state index contributed by atoms with van der Waals surface area (Å²) in [5.41, 5.74) is 0.931. The third-order valence-corrected chi connectivity index (χ3v) is 1.02. The van der Waals surface area contributed by atoms with Gasteiger partial charge in [-0.05, 0) is 13.0 Å². The molecule has 0 atom stereocenters. The van der Waals surface area contributed by atoms with E-state index in [2.05, 4.69) is 15.8 Å². The Morgan fingerprint density at radius 1 is 1.83 bits per heavy atom. The van der Waals surface area contributed by atoms with Crippen LogP contribution in [-0.4, -0.2) is 4.37 Å². The predicted molar refractivity (Wildman–Crippen MR) is 24.5 cm³/mol. The fourth-order valence-electron chi connectivity index (χ4n) is 0.211. The minimum Gasteiger partial charge on any atom is -0.180 e. The van der Waals surface area contributed by atoms with Crippen LogP contribution in [0.5, 0.6) is 0 Å².